The fraction of sp³-hybridized carbons (Fsp3) is 0.600. The standard InChI is InChI=1S/C5H11N3S2/c1-6-4(9)7-5(10)8(2)3/h1-3H3,(H2,6,7,9,10). The van der Waals surface area contributed by atoms with Crippen LogP contribution >= 0.6 is 24.4 Å². The zero-order valence-corrected chi connectivity index (χ0v) is 7.90. The third kappa shape index (κ3) is 3.58. The first kappa shape index (κ1) is 9.58. The molecule has 0 saturated carbocycles. The van der Waals surface area contributed by atoms with Gasteiger partial charge in [0.15, 0.2) is 10.2 Å². The number of thiocarbonyl (C=S) groups is 2. The highest BCUT2D eigenvalue weighted by atomic mass is 32.1. The summed E-state index contributed by atoms with van der Waals surface area (Å²) in [6.45, 7) is 0. The van der Waals surface area contributed by atoms with Crippen LogP contribution in [0.2, 0.25) is 0 Å². The van der Waals surface area contributed by atoms with Crippen LogP contribution in [0.5, 0.6) is 0 Å². The topological polar surface area (TPSA) is 27.3 Å². The summed E-state index contributed by atoms with van der Waals surface area (Å²) in [7, 11) is 5.45. The van der Waals surface area contributed by atoms with Crippen LogP contribution in [-0.4, -0.2) is 36.3 Å². The highest BCUT2D eigenvalue weighted by Gasteiger charge is 1.97. The average Bonchev–Trinajstić information content (AvgIpc) is 1.87. The van der Waals surface area contributed by atoms with Crippen LogP contribution < -0.4 is 10.6 Å². The smallest absolute Gasteiger partial charge is 0.174 e. The van der Waals surface area contributed by atoms with Gasteiger partial charge in [-0.05, 0) is 24.4 Å². The molecule has 2 N–H and O–H groups in total. The van der Waals surface area contributed by atoms with Gasteiger partial charge in [-0.15, -0.1) is 0 Å². The second-order valence-electron chi connectivity index (χ2n) is 1.90. The molecule has 0 aromatic rings. The van der Waals surface area contributed by atoms with E-state index in [0.717, 1.165) is 0 Å². The molecule has 58 valence electrons. The molecule has 0 heterocycles. The van der Waals surface area contributed by atoms with Crippen molar-refractivity contribution >= 4 is 34.7 Å². The van der Waals surface area contributed by atoms with E-state index in [2.05, 4.69) is 10.6 Å². The molecule has 0 fully saturated rings. The molecular weight excluding hydrogens is 166 g/mol. The van der Waals surface area contributed by atoms with Gasteiger partial charge in [-0.3, -0.25) is 0 Å². The summed E-state index contributed by atoms with van der Waals surface area (Å²) in [6, 6.07) is 0. The predicted molar refractivity (Wildman–Crippen MR) is 51.1 cm³/mol. The van der Waals surface area contributed by atoms with Crippen molar-refractivity contribution in [3.8, 4) is 0 Å². The molecule has 0 rings (SSSR count). The second-order valence-corrected chi connectivity index (χ2v) is 2.70. The van der Waals surface area contributed by atoms with Gasteiger partial charge in [0.1, 0.15) is 0 Å². The maximum absolute atomic E-state index is 4.91. The summed E-state index contributed by atoms with van der Waals surface area (Å²) < 4.78 is 0. The van der Waals surface area contributed by atoms with Crippen LogP contribution in [0.15, 0.2) is 0 Å². The maximum atomic E-state index is 4.91. The molecule has 0 atom stereocenters. The summed E-state index contributed by atoms with van der Waals surface area (Å²) in [6.07, 6.45) is 0. The van der Waals surface area contributed by atoms with Crippen molar-refractivity contribution in [1.29, 1.82) is 0 Å². The molecule has 0 aliphatic heterocycles. The summed E-state index contributed by atoms with van der Waals surface area (Å²) in [5, 5.41) is 6.71. The molecule has 0 aromatic heterocycles. The summed E-state index contributed by atoms with van der Waals surface area (Å²) in [5.41, 5.74) is 0. The minimum atomic E-state index is 0.540. The third-order valence-electron chi connectivity index (χ3n) is 0.854. The molecule has 0 amide bonds. The minimum absolute atomic E-state index is 0.540. The van der Waals surface area contributed by atoms with Gasteiger partial charge < -0.3 is 15.5 Å². The van der Waals surface area contributed by atoms with Gasteiger partial charge in [0.25, 0.3) is 0 Å². The van der Waals surface area contributed by atoms with E-state index in [1.54, 1.807) is 11.9 Å². The average molecular weight is 177 g/mol. The lowest BCUT2D eigenvalue weighted by Crippen LogP contribution is -2.42. The zero-order valence-electron chi connectivity index (χ0n) is 6.26. The first-order valence-corrected chi connectivity index (χ1v) is 3.59. The van der Waals surface area contributed by atoms with Gasteiger partial charge in [0, 0.05) is 21.1 Å². The highest BCUT2D eigenvalue weighted by molar-refractivity contribution is 7.81. The van der Waals surface area contributed by atoms with E-state index in [4.69, 9.17) is 24.4 Å². The van der Waals surface area contributed by atoms with Crippen LogP contribution in [0.4, 0.5) is 0 Å². The lowest BCUT2D eigenvalue weighted by molar-refractivity contribution is 0.619. The van der Waals surface area contributed by atoms with Gasteiger partial charge in [0.2, 0.25) is 0 Å². The molecule has 3 nitrogen and oxygen atoms in total. The Bertz CT molecular complexity index is 144. The summed E-state index contributed by atoms with van der Waals surface area (Å²) in [4.78, 5) is 1.78. The molecule has 0 aliphatic rings. The quantitative estimate of drug-likeness (QED) is 0.505. The number of hydrogen-bond donors (Lipinski definition) is 2. The fourth-order valence-corrected chi connectivity index (χ4v) is 0.535. The number of rotatable bonds is 0. The second kappa shape index (κ2) is 4.40. The fourth-order valence-electron chi connectivity index (χ4n) is 0.271. The van der Waals surface area contributed by atoms with Crippen molar-refractivity contribution in [2.75, 3.05) is 21.1 Å². The van der Waals surface area contributed by atoms with E-state index in [1.165, 1.54) is 0 Å². The van der Waals surface area contributed by atoms with Crippen molar-refractivity contribution in [3.63, 3.8) is 0 Å². The monoisotopic (exact) mass is 177 g/mol. The predicted octanol–water partition coefficient (Wildman–Crippen LogP) is -0.0732. The lowest BCUT2D eigenvalue weighted by atomic mass is 10.8. The van der Waals surface area contributed by atoms with Crippen molar-refractivity contribution in [1.82, 2.24) is 15.5 Å². The summed E-state index contributed by atoms with van der Waals surface area (Å²) in [5.74, 6) is 0. The van der Waals surface area contributed by atoms with Gasteiger partial charge in [0.05, 0.1) is 0 Å². The van der Waals surface area contributed by atoms with Gasteiger partial charge in [-0.2, -0.15) is 0 Å². The van der Waals surface area contributed by atoms with Crippen LogP contribution in [0, 0.1) is 0 Å². The van der Waals surface area contributed by atoms with E-state index in [-0.39, 0.29) is 0 Å². The highest BCUT2D eigenvalue weighted by Crippen LogP contribution is 1.77. The molecule has 0 radical (unpaired) electrons. The Balaban J connectivity index is 3.69. The molecule has 10 heavy (non-hydrogen) atoms. The number of hydrogen-bond acceptors (Lipinski definition) is 2. The Morgan fingerprint density at radius 3 is 2.10 bits per heavy atom. The zero-order chi connectivity index (χ0) is 8.15. The van der Waals surface area contributed by atoms with E-state index >= 15 is 0 Å². The lowest BCUT2D eigenvalue weighted by Gasteiger charge is -2.15. The Hall–Kier alpha value is -0.420. The maximum Gasteiger partial charge on any atom is 0.174 e. The first-order valence-electron chi connectivity index (χ1n) is 2.78. The van der Waals surface area contributed by atoms with Gasteiger partial charge in [-0.25, -0.2) is 0 Å². The van der Waals surface area contributed by atoms with Crippen molar-refractivity contribution in [3.05, 3.63) is 0 Å². The molecule has 0 saturated heterocycles. The molecule has 0 spiro atoms. The van der Waals surface area contributed by atoms with Crippen LogP contribution in [-0.2, 0) is 0 Å². The minimum Gasteiger partial charge on any atom is -0.365 e. The van der Waals surface area contributed by atoms with Crippen molar-refractivity contribution in [2.45, 2.75) is 0 Å². The molecule has 5 heteroatoms. The van der Waals surface area contributed by atoms with Crippen LogP contribution in [0.3, 0.4) is 0 Å². The number of nitrogens with zero attached hydrogens (tertiary/aromatic N) is 1. The third-order valence-corrected chi connectivity index (χ3v) is 1.63. The Morgan fingerprint density at radius 2 is 1.80 bits per heavy atom. The molecular formula is C5H11N3S2. The van der Waals surface area contributed by atoms with Gasteiger partial charge >= 0.3 is 0 Å². The van der Waals surface area contributed by atoms with Crippen LogP contribution in [0.25, 0.3) is 0 Å². The van der Waals surface area contributed by atoms with Crippen LogP contribution in [0.1, 0.15) is 0 Å². The van der Waals surface area contributed by atoms with Crippen molar-refractivity contribution < 1.29 is 0 Å². The SMILES string of the molecule is CNC(=S)NC(=S)N(C)C. The Kier molecular flexibility index (Phi) is 4.22. The summed E-state index contributed by atoms with van der Waals surface area (Å²) >= 11 is 9.72. The number of nitrogens with one attached hydrogen (secondary N) is 2. The largest absolute Gasteiger partial charge is 0.365 e. The molecule has 0 unspecified atom stereocenters. The van der Waals surface area contributed by atoms with E-state index < -0.39 is 0 Å². The van der Waals surface area contributed by atoms with Gasteiger partial charge in [-0.1, -0.05) is 0 Å². The van der Waals surface area contributed by atoms with Crippen molar-refractivity contribution in [2.24, 2.45) is 0 Å². The van der Waals surface area contributed by atoms with E-state index in [1.807, 2.05) is 14.1 Å². The van der Waals surface area contributed by atoms with E-state index in [9.17, 15) is 0 Å². The normalized spacial score (nSPS) is 8.30. The molecule has 0 bridgehead atoms. The molecule has 0 aliphatic carbocycles. The Labute approximate surface area is 71.8 Å². The first-order chi connectivity index (χ1) is 4.57. The van der Waals surface area contributed by atoms with E-state index in [0.29, 0.717) is 10.2 Å². The Morgan fingerprint density at radius 1 is 1.30 bits per heavy atom. The molecule has 0 aromatic carbocycles.